The van der Waals surface area contributed by atoms with Crippen LogP contribution in [0.2, 0.25) is 0 Å². The van der Waals surface area contributed by atoms with Gasteiger partial charge in [0.15, 0.2) is 18.9 Å². The predicted octanol–water partition coefficient (Wildman–Crippen LogP) is 3.47. The summed E-state index contributed by atoms with van der Waals surface area (Å²) in [4.78, 5) is 2.30. The first kappa shape index (κ1) is 21.0. The van der Waals surface area contributed by atoms with E-state index in [9.17, 15) is 5.11 Å². The molecule has 0 bridgehead atoms. The van der Waals surface area contributed by atoms with Crippen LogP contribution in [0.3, 0.4) is 0 Å². The van der Waals surface area contributed by atoms with Gasteiger partial charge >= 0.3 is 0 Å². The van der Waals surface area contributed by atoms with Crippen LogP contribution in [0.15, 0.2) is 18.2 Å². The van der Waals surface area contributed by atoms with E-state index in [0.29, 0.717) is 5.92 Å². The van der Waals surface area contributed by atoms with Gasteiger partial charge in [-0.25, -0.2) is 0 Å². The molecule has 1 heterocycles. The molecule has 5 atom stereocenters. The molecule has 26 heavy (non-hydrogen) atoms. The van der Waals surface area contributed by atoms with Crippen molar-refractivity contribution in [3.63, 3.8) is 0 Å². The van der Waals surface area contributed by atoms with Crippen LogP contribution >= 0.6 is 0 Å². The molecule has 1 aromatic carbocycles. The van der Waals surface area contributed by atoms with Gasteiger partial charge < -0.3 is 30.0 Å². The van der Waals surface area contributed by atoms with Crippen LogP contribution in [-0.2, 0) is 20.6 Å². The van der Waals surface area contributed by atoms with Gasteiger partial charge in [-0.05, 0) is 77.6 Å². The number of anilines is 2. The minimum Gasteiger partial charge on any atom is -0.399 e. The lowest BCUT2D eigenvalue weighted by Crippen LogP contribution is -2.57. The van der Waals surface area contributed by atoms with Crippen LogP contribution in [0, 0.1) is 5.92 Å². The number of hydrogen-bond acceptors (Lipinski definition) is 6. The van der Waals surface area contributed by atoms with E-state index in [1.54, 1.807) is 13.8 Å². The van der Waals surface area contributed by atoms with Crippen molar-refractivity contribution in [2.75, 3.05) is 10.6 Å². The third-order valence-corrected chi connectivity index (χ3v) is 5.24. The number of benzene rings is 1. The molecule has 0 saturated heterocycles. The summed E-state index contributed by atoms with van der Waals surface area (Å²) >= 11 is 0. The van der Waals surface area contributed by atoms with Crippen molar-refractivity contribution in [2.24, 2.45) is 5.92 Å². The Morgan fingerprint density at radius 2 is 1.73 bits per heavy atom. The van der Waals surface area contributed by atoms with Crippen LogP contribution in [0.25, 0.3) is 0 Å². The lowest BCUT2D eigenvalue weighted by atomic mass is 9.78. The molecule has 0 radical (unpaired) electrons. The molecule has 0 amide bonds. The highest BCUT2D eigenvalue weighted by atomic mass is 16.8. The highest BCUT2D eigenvalue weighted by Gasteiger charge is 2.41. The fraction of sp³-hybridized carbons (Fsp3) is 0.700. The van der Waals surface area contributed by atoms with Crippen LogP contribution < -0.4 is 10.6 Å². The smallest absolute Gasteiger partial charge is 0.161 e. The van der Waals surface area contributed by atoms with Crippen molar-refractivity contribution in [1.29, 1.82) is 0 Å². The molecular formula is C20H34N2O4. The van der Waals surface area contributed by atoms with E-state index in [0.717, 1.165) is 17.8 Å². The number of fused-ring (bicyclic) bond motifs is 1. The maximum Gasteiger partial charge on any atom is 0.161 e. The number of hydrogen-bond donors (Lipinski definition) is 2. The Balaban J connectivity index is 2.17. The van der Waals surface area contributed by atoms with Crippen LogP contribution in [0.4, 0.5) is 11.4 Å². The Bertz CT molecular complexity index is 605. The first-order valence-electron chi connectivity index (χ1n) is 9.34. The molecule has 6 heteroatoms. The molecule has 1 aliphatic heterocycles. The van der Waals surface area contributed by atoms with Gasteiger partial charge in [-0.3, -0.25) is 0 Å². The van der Waals surface area contributed by atoms with Crippen molar-refractivity contribution >= 4 is 11.4 Å². The number of rotatable bonds is 7. The van der Waals surface area contributed by atoms with E-state index in [1.165, 1.54) is 5.56 Å². The molecule has 6 nitrogen and oxygen atoms in total. The van der Waals surface area contributed by atoms with Gasteiger partial charge in [0.05, 0.1) is 0 Å². The molecule has 0 aromatic heterocycles. The summed E-state index contributed by atoms with van der Waals surface area (Å²) in [5.41, 5.74) is 9.08. The van der Waals surface area contributed by atoms with E-state index in [4.69, 9.17) is 19.9 Å². The van der Waals surface area contributed by atoms with Crippen molar-refractivity contribution < 1.29 is 19.3 Å². The Hall–Kier alpha value is -1.34. The number of nitrogens with two attached hydrogens (primary N) is 1. The molecule has 5 unspecified atom stereocenters. The standard InChI is InChI=1S/C20H34N2O4/c1-12-10-17-11-18(21)8-9-19(17)22(20(12,6)7)13(2)24-15(4)26-16(5)25-14(3)23/h8-9,11-16,23H,10,21H2,1-7H3. The summed E-state index contributed by atoms with van der Waals surface area (Å²) in [5, 5.41) is 9.29. The number of aliphatic hydroxyl groups excluding tert-OH is 1. The summed E-state index contributed by atoms with van der Waals surface area (Å²) < 4.78 is 17.0. The van der Waals surface area contributed by atoms with Crippen molar-refractivity contribution in [3.05, 3.63) is 23.8 Å². The Morgan fingerprint density at radius 1 is 1.12 bits per heavy atom. The topological polar surface area (TPSA) is 77.2 Å². The van der Waals surface area contributed by atoms with Gasteiger partial charge in [0.2, 0.25) is 0 Å². The molecule has 1 aromatic rings. The molecule has 148 valence electrons. The third kappa shape index (κ3) is 4.68. The summed E-state index contributed by atoms with van der Waals surface area (Å²) in [5.74, 6) is 0.441. The molecule has 3 N–H and O–H groups in total. The molecular weight excluding hydrogens is 332 g/mol. The van der Waals surface area contributed by atoms with Crippen LogP contribution in [0.5, 0.6) is 0 Å². The molecule has 0 aliphatic carbocycles. The largest absolute Gasteiger partial charge is 0.399 e. The molecule has 0 spiro atoms. The molecule has 0 fully saturated rings. The third-order valence-electron chi connectivity index (χ3n) is 5.24. The number of ether oxygens (including phenoxy) is 3. The second-order valence-electron chi connectivity index (χ2n) is 7.76. The van der Waals surface area contributed by atoms with Gasteiger partial charge in [0, 0.05) is 16.9 Å². The minimum atomic E-state index is -0.881. The normalized spacial score (nSPS) is 23.8. The van der Waals surface area contributed by atoms with Gasteiger partial charge in [-0.2, -0.15) is 0 Å². The first-order valence-corrected chi connectivity index (χ1v) is 9.34. The fourth-order valence-electron chi connectivity index (χ4n) is 3.75. The van der Waals surface area contributed by atoms with Gasteiger partial charge in [0.25, 0.3) is 0 Å². The lowest BCUT2D eigenvalue weighted by molar-refractivity contribution is -0.278. The SMILES string of the molecule is CC(O)OC(C)OC(C)OC(C)N1c2ccc(N)cc2CC(C)C1(C)C. The Morgan fingerprint density at radius 3 is 2.35 bits per heavy atom. The van der Waals surface area contributed by atoms with E-state index < -0.39 is 18.9 Å². The van der Waals surface area contributed by atoms with Gasteiger partial charge in [0.1, 0.15) is 6.23 Å². The Kier molecular flexibility index (Phi) is 6.55. The highest BCUT2D eigenvalue weighted by molar-refractivity contribution is 5.63. The van der Waals surface area contributed by atoms with E-state index >= 15 is 0 Å². The molecule has 1 aliphatic rings. The quantitative estimate of drug-likeness (QED) is 0.568. The van der Waals surface area contributed by atoms with Gasteiger partial charge in [-0.1, -0.05) is 6.92 Å². The number of nitrogens with zero attached hydrogens (tertiary/aromatic N) is 1. The van der Waals surface area contributed by atoms with Crippen molar-refractivity contribution in [1.82, 2.24) is 0 Å². The fourth-order valence-corrected chi connectivity index (χ4v) is 3.75. The summed E-state index contributed by atoms with van der Waals surface area (Å²) in [6.07, 6.45) is -1.14. The van der Waals surface area contributed by atoms with Crippen molar-refractivity contribution in [2.45, 2.75) is 85.5 Å². The number of aliphatic hydroxyl groups is 1. The summed E-state index contributed by atoms with van der Waals surface area (Å²) in [6, 6.07) is 6.06. The predicted molar refractivity (Wildman–Crippen MR) is 104 cm³/mol. The van der Waals surface area contributed by atoms with Gasteiger partial charge in [-0.15, -0.1) is 0 Å². The van der Waals surface area contributed by atoms with E-state index in [1.807, 2.05) is 19.9 Å². The first-order chi connectivity index (χ1) is 12.0. The zero-order valence-electron chi connectivity index (χ0n) is 17.0. The molecule has 0 saturated carbocycles. The summed E-state index contributed by atoms with van der Waals surface area (Å²) in [6.45, 7) is 13.9. The lowest BCUT2D eigenvalue weighted by Gasteiger charge is -2.52. The van der Waals surface area contributed by atoms with Crippen LogP contribution in [0.1, 0.15) is 54.0 Å². The maximum atomic E-state index is 9.29. The van der Waals surface area contributed by atoms with E-state index in [-0.39, 0.29) is 11.8 Å². The zero-order chi connectivity index (χ0) is 19.6. The van der Waals surface area contributed by atoms with Crippen molar-refractivity contribution in [3.8, 4) is 0 Å². The second kappa shape index (κ2) is 8.13. The monoisotopic (exact) mass is 366 g/mol. The highest BCUT2D eigenvalue weighted by Crippen LogP contribution is 2.42. The van der Waals surface area contributed by atoms with E-state index in [2.05, 4.69) is 37.8 Å². The maximum absolute atomic E-state index is 9.29. The minimum absolute atomic E-state index is 0.0794. The number of nitrogen functional groups attached to an aromatic ring is 1. The second-order valence-corrected chi connectivity index (χ2v) is 7.76. The zero-order valence-corrected chi connectivity index (χ0v) is 17.0. The average molecular weight is 367 g/mol. The molecule has 2 rings (SSSR count). The van der Waals surface area contributed by atoms with Crippen LogP contribution in [-0.4, -0.2) is 35.7 Å². The average Bonchev–Trinajstić information content (AvgIpc) is 2.47. The Labute approximate surface area is 157 Å². The summed E-state index contributed by atoms with van der Waals surface area (Å²) in [7, 11) is 0.